The van der Waals surface area contributed by atoms with E-state index in [1.807, 2.05) is 6.92 Å². The summed E-state index contributed by atoms with van der Waals surface area (Å²) in [5.41, 5.74) is 0. The molecular weight excluding hydrogens is 270 g/mol. The third-order valence-corrected chi connectivity index (χ3v) is 3.87. The van der Waals surface area contributed by atoms with Gasteiger partial charge in [0.05, 0.1) is 12.4 Å². The van der Waals surface area contributed by atoms with Crippen LogP contribution in [-0.4, -0.2) is 30.4 Å². The average Bonchev–Trinajstić information content (AvgIpc) is 3.01. The molecule has 1 saturated heterocycles. The topological polar surface area (TPSA) is 68.5 Å². The van der Waals surface area contributed by atoms with Gasteiger partial charge < -0.3 is 14.5 Å². The van der Waals surface area contributed by atoms with E-state index in [0.717, 1.165) is 19.3 Å². The second-order valence-electron chi connectivity index (χ2n) is 5.64. The van der Waals surface area contributed by atoms with Crippen LogP contribution >= 0.6 is 0 Å². The molecule has 0 radical (unpaired) electrons. The second-order valence-corrected chi connectivity index (χ2v) is 5.64. The summed E-state index contributed by atoms with van der Waals surface area (Å²) >= 11 is 0. The Bertz CT molecular complexity index is 469. The molecule has 0 spiro atoms. The number of amides is 1. The summed E-state index contributed by atoms with van der Waals surface area (Å²) in [5.74, 6) is 0.265. The van der Waals surface area contributed by atoms with Gasteiger partial charge in [0.2, 0.25) is 5.91 Å². The maximum atomic E-state index is 12.2. The Kier molecular flexibility index (Phi) is 5.56. The number of furan rings is 1. The van der Waals surface area contributed by atoms with Crippen LogP contribution in [0.1, 0.15) is 50.1 Å². The van der Waals surface area contributed by atoms with Crippen LogP contribution in [0.4, 0.5) is 0 Å². The molecule has 1 amide bonds. The van der Waals surface area contributed by atoms with Crippen LogP contribution in [0.15, 0.2) is 22.8 Å². The highest BCUT2D eigenvalue weighted by molar-refractivity contribution is 5.94. The number of ketones is 1. The Morgan fingerprint density at radius 3 is 2.95 bits per heavy atom. The summed E-state index contributed by atoms with van der Waals surface area (Å²) in [7, 11) is 0. The van der Waals surface area contributed by atoms with Crippen molar-refractivity contribution in [2.45, 2.75) is 51.7 Å². The standard InChI is InChI=1S/C16H23NO4/c1-3-13-10-12(6-8-20-13)16(19)17-11(2)9-14(18)15-5-4-7-21-15/h4-5,7,11-13H,3,6,8-10H2,1-2H3,(H,17,19)/t11-,12+,13+/m0/s1. The Hall–Kier alpha value is -1.62. The first kappa shape index (κ1) is 15.8. The lowest BCUT2D eigenvalue weighted by atomic mass is 9.93. The van der Waals surface area contributed by atoms with Gasteiger partial charge in [0.15, 0.2) is 11.5 Å². The molecule has 0 aromatic carbocycles. The minimum atomic E-state index is -0.196. The fraction of sp³-hybridized carbons (Fsp3) is 0.625. The first-order chi connectivity index (χ1) is 10.1. The molecule has 2 heterocycles. The third-order valence-electron chi connectivity index (χ3n) is 3.87. The molecule has 1 fully saturated rings. The maximum Gasteiger partial charge on any atom is 0.223 e. The predicted molar refractivity (Wildman–Crippen MR) is 78.0 cm³/mol. The molecule has 2 rings (SSSR count). The van der Waals surface area contributed by atoms with E-state index in [-0.39, 0.29) is 36.2 Å². The molecule has 1 aliphatic heterocycles. The monoisotopic (exact) mass is 293 g/mol. The fourth-order valence-electron chi connectivity index (χ4n) is 2.63. The number of hydrogen-bond donors (Lipinski definition) is 1. The van der Waals surface area contributed by atoms with Crippen molar-refractivity contribution in [2.24, 2.45) is 5.92 Å². The van der Waals surface area contributed by atoms with Crippen LogP contribution in [0.25, 0.3) is 0 Å². The van der Waals surface area contributed by atoms with Crippen molar-refractivity contribution in [1.29, 1.82) is 0 Å². The van der Waals surface area contributed by atoms with Crippen LogP contribution in [-0.2, 0) is 9.53 Å². The van der Waals surface area contributed by atoms with Crippen LogP contribution in [0.5, 0.6) is 0 Å². The van der Waals surface area contributed by atoms with Gasteiger partial charge in [-0.25, -0.2) is 0 Å². The van der Waals surface area contributed by atoms with E-state index < -0.39 is 0 Å². The van der Waals surface area contributed by atoms with Crippen molar-refractivity contribution in [2.75, 3.05) is 6.61 Å². The SMILES string of the molecule is CC[C@@H]1C[C@H](C(=O)N[C@@H](C)CC(=O)c2ccco2)CCO1. The van der Waals surface area contributed by atoms with Gasteiger partial charge in [-0.2, -0.15) is 0 Å². The normalized spacial score (nSPS) is 23.5. The Morgan fingerprint density at radius 2 is 2.29 bits per heavy atom. The number of carbonyl (C=O) groups excluding carboxylic acids is 2. The summed E-state index contributed by atoms with van der Waals surface area (Å²) in [6.07, 6.45) is 4.34. The van der Waals surface area contributed by atoms with E-state index in [1.165, 1.54) is 6.26 Å². The third kappa shape index (κ3) is 4.43. The number of nitrogens with one attached hydrogen (secondary N) is 1. The molecule has 1 aromatic rings. The largest absolute Gasteiger partial charge is 0.461 e. The minimum absolute atomic E-state index is 0.00938. The zero-order valence-corrected chi connectivity index (χ0v) is 12.6. The van der Waals surface area contributed by atoms with Crippen LogP contribution < -0.4 is 5.32 Å². The van der Waals surface area contributed by atoms with Gasteiger partial charge in [-0.3, -0.25) is 9.59 Å². The maximum absolute atomic E-state index is 12.2. The van der Waals surface area contributed by atoms with E-state index in [1.54, 1.807) is 12.1 Å². The van der Waals surface area contributed by atoms with E-state index >= 15 is 0 Å². The van der Waals surface area contributed by atoms with Gasteiger partial charge in [-0.15, -0.1) is 0 Å². The summed E-state index contributed by atoms with van der Waals surface area (Å²) in [6.45, 7) is 4.54. The molecule has 1 aliphatic rings. The van der Waals surface area contributed by atoms with Crippen molar-refractivity contribution < 1.29 is 18.7 Å². The van der Waals surface area contributed by atoms with Gasteiger partial charge >= 0.3 is 0 Å². The highest BCUT2D eigenvalue weighted by Crippen LogP contribution is 2.22. The van der Waals surface area contributed by atoms with Crippen molar-refractivity contribution >= 4 is 11.7 Å². The summed E-state index contributed by atoms with van der Waals surface area (Å²) in [5, 5.41) is 2.93. The van der Waals surface area contributed by atoms with E-state index in [2.05, 4.69) is 12.2 Å². The van der Waals surface area contributed by atoms with Crippen LogP contribution in [0, 0.1) is 5.92 Å². The van der Waals surface area contributed by atoms with Gasteiger partial charge in [0.1, 0.15) is 0 Å². The zero-order chi connectivity index (χ0) is 15.2. The number of hydrogen-bond acceptors (Lipinski definition) is 4. The van der Waals surface area contributed by atoms with Crippen LogP contribution in [0.3, 0.4) is 0 Å². The fourth-order valence-corrected chi connectivity index (χ4v) is 2.63. The Morgan fingerprint density at radius 1 is 1.48 bits per heavy atom. The Balaban J connectivity index is 1.80. The first-order valence-electron chi connectivity index (χ1n) is 7.58. The molecule has 3 atom stereocenters. The molecule has 5 heteroatoms. The van der Waals surface area contributed by atoms with Gasteiger partial charge in [-0.05, 0) is 38.3 Å². The van der Waals surface area contributed by atoms with Gasteiger partial charge in [-0.1, -0.05) is 6.92 Å². The number of rotatable bonds is 6. The predicted octanol–water partition coefficient (Wildman–Crippen LogP) is 2.56. The second kappa shape index (κ2) is 7.41. The summed E-state index contributed by atoms with van der Waals surface area (Å²) in [6, 6.07) is 3.13. The van der Waals surface area contributed by atoms with E-state index in [9.17, 15) is 9.59 Å². The molecule has 116 valence electrons. The van der Waals surface area contributed by atoms with Crippen LogP contribution in [0.2, 0.25) is 0 Å². The lowest BCUT2D eigenvalue weighted by molar-refractivity contribution is -0.130. The van der Waals surface area contributed by atoms with Crippen molar-refractivity contribution in [1.82, 2.24) is 5.32 Å². The lowest BCUT2D eigenvalue weighted by Crippen LogP contribution is -2.41. The highest BCUT2D eigenvalue weighted by Gasteiger charge is 2.28. The molecule has 5 nitrogen and oxygen atoms in total. The first-order valence-corrected chi connectivity index (χ1v) is 7.58. The van der Waals surface area contributed by atoms with E-state index in [4.69, 9.17) is 9.15 Å². The van der Waals surface area contributed by atoms with Gasteiger partial charge in [0, 0.05) is 25.0 Å². The van der Waals surface area contributed by atoms with Crippen molar-refractivity contribution in [3.05, 3.63) is 24.2 Å². The summed E-state index contributed by atoms with van der Waals surface area (Å²) in [4.78, 5) is 24.1. The van der Waals surface area contributed by atoms with Crippen molar-refractivity contribution in [3.8, 4) is 0 Å². The highest BCUT2D eigenvalue weighted by atomic mass is 16.5. The average molecular weight is 293 g/mol. The quantitative estimate of drug-likeness (QED) is 0.818. The van der Waals surface area contributed by atoms with Crippen molar-refractivity contribution in [3.63, 3.8) is 0 Å². The molecular formula is C16H23NO4. The number of ether oxygens (including phenoxy) is 1. The molecule has 0 bridgehead atoms. The molecule has 21 heavy (non-hydrogen) atoms. The lowest BCUT2D eigenvalue weighted by Gasteiger charge is -2.29. The van der Waals surface area contributed by atoms with E-state index in [0.29, 0.717) is 12.4 Å². The Labute approximate surface area is 125 Å². The molecule has 0 unspecified atom stereocenters. The molecule has 1 N–H and O–H groups in total. The minimum Gasteiger partial charge on any atom is -0.461 e. The smallest absolute Gasteiger partial charge is 0.223 e. The zero-order valence-electron chi connectivity index (χ0n) is 12.6. The molecule has 0 aliphatic carbocycles. The molecule has 0 saturated carbocycles. The number of carbonyl (C=O) groups is 2. The number of Topliss-reactive ketones (excluding diaryl/α,β-unsaturated/α-hetero) is 1. The summed E-state index contributed by atoms with van der Waals surface area (Å²) < 4.78 is 10.6. The van der Waals surface area contributed by atoms with Gasteiger partial charge in [0.25, 0.3) is 0 Å². The molecule has 1 aromatic heterocycles.